The van der Waals surface area contributed by atoms with Crippen LogP contribution in [0, 0.1) is 12.0 Å². The molecule has 0 aromatic heterocycles. The first-order valence-corrected chi connectivity index (χ1v) is 20.8. The summed E-state index contributed by atoms with van der Waals surface area (Å²) in [5, 5.41) is 2.75. The Balaban J connectivity index is 0.710. The van der Waals surface area contributed by atoms with Crippen LogP contribution in [0.15, 0.2) is 60.7 Å². The average Bonchev–Trinajstić information content (AvgIpc) is 3.48. The summed E-state index contributed by atoms with van der Waals surface area (Å²) in [6.45, 7) is 13.8. The van der Waals surface area contributed by atoms with Crippen molar-refractivity contribution in [1.82, 2.24) is 20.0 Å². The van der Waals surface area contributed by atoms with Gasteiger partial charge in [-0.25, -0.2) is 4.85 Å². The van der Waals surface area contributed by atoms with E-state index in [9.17, 15) is 24.0 Å². The molecule has 1 aliphatic carbocycles. The number of carbonyl (C=O) groups excluding carboxylic acids is 5. The number of rotatable bonds is 7. The van der Waals surface area contributed by atoms with Gasteiger partial charge in [0.1, 0.15) is 11.8 Å². The smallest absolute Gasteiger partial charge is 0.262 e. The lowest BCUT2D eigenvalue weighted by molar-refractivity contribution is -0.136. The van der Waals surface area contributed by atoms with Gasteiger partial charge in [-0.3, -0.25) is 39.1 Å². The molecule has 14 heteroatoms. The molecule has 4 saturated heterocycles. The lowest BCUT2D eigenvalue weighted by Crippen LogP contribution is -2.58. The fourth-order valence-electron chi connectivity index (χ4n) is 9.85. The highest BCUT2D eigenvalue weighted by Gasteiger charge is 2.46. The maximum absolute atomic E-state index is 13.5. The summed E-state index contributed by atoms with van der Waals surface area (Å²) in [7, 11) is 0. The van der Waals surface area contributed by atoms with Crippen LogP contribution in [0.4, 0.5) is 17.1 Å². The molecule has 13 nitrogen and oxygen atoms in total. The number of amides is 5. The molecule has 1 spiro atoms. The van der Waals surface area contributed by atoms with E-state index in [4.69, 9.17) is 22.9 Å². The zero-order valence-corrected chi connectivity index (χ0v) is 33.1. The average molecular weight is 804 g/mol. The number of nitrogens with zero attached hydrogens (tertiary/aromatic N) is 6. The number of hydrogen-bond donors (Lipinski definition) is 1. The quantitative estimate of drug-likeness (QED) is 0.242. The van der Waals surface area contributed by atoms with Gasteiger partial charge in [-0.15, -0.1) is 0 Å². The standard InChI is InChI=1S/C44H46ClN7O6/c1-46-37-9-5-31(25-36(37)45)51-26-44(27-51)16-12-33(13-17-44)58-32-6-2-28(3-7-32)41(55)50-22-20-49(21-23-50)29-14-18-48(19-15-29)30-4-8-34-35(24-30)43(57)52(42(34)56)38-10-11-39(53)47-40(38)54/h2-9,24-25,29,33,38H,10-23,26-27H2,(H,47,53,54). The molecule has 1 N–H and O–H groups in total. The van der Waals surface area contributed by atoms with E-state index in [1.807, 2.05) is 47.4 Å². The minimum Gasteiger partial charge on any atom is -0.490 e. The van der Waals surface area contributed by atoms with Crippen molar-refractivity contribution in [2.24, 2.45) is 5.41 Å². The van der Waals surface area contributed by atoms with Crippen LogP contribution in [0.1, 0.15) is 82.4 Å². The van der Waals surface area contributed by atoms with Crippen molar-refractivity contribution >= 4 is 58.2 Å². The summed E-state index contributed by atoms with van der Waals surface area (Å²) < 4.78 is 6.38. The van der Waals surface area contributed by atoms with Crippen molar-refractivity contribution in [3.8, 4) is 5.75 Å². The van der Waals surface area contributed by atoms with Gasteiger partial charge in [0.2, 0.25) is 17.5 Å². The number of carbonyl (C=O) groups is 5. The molecule has 1 saturated carbocycles. The Morgan fingerprint density at radius 1 is 0.776 bits per heavy atom. The van der Waals surface area contributed by atoms with Crippen LogP contribution in [0.5, 0.6) is 5.75 Å². The number of piperazine rings is 1. The van der Waals surface area contributed by atoms with E-state index >= 15 is 0 Å². The molecule has 6 aliphatic rings. The molecule has 3 aromatic rings. The molecule has 0 radical (unpaired) electrons. The van der Waals surface area contributed by atoms with Crippen LogP contribution >= 0.6 is 11.6 Å². The molecule has 5 amide bonds. The molecule has 0 bridgehead atoms. The number of anilines is 2. The summed E-state index contributed by atoms with van der Waals surface area (Å²) >= 11 is 6.28. The number of ether oxygens (including phenoxy) is 1. The molecular formula is C44H46ClN7O6. The van der Waals surface area contributed by atoms with Gasteiger partial charge >= 0.3 is 0 Å². The monoisotopic (exact) mass is 803 g/mol. The van der Waals surface area contributed by atoms with Crippen molar-refractivity contribution in [3.63, 3.8) is 0 Å². The predicted molar refractivity (Wildman–Crippen MR) is 218 cm³/mol. The topological polar surface area (TPSA) is 127 Å². The van der Waals surface area contributed by atoms with Crippen LogP contribution in [-0.4, -0.2) is 115 Å². The van der Waals surface area contributed by atoms with Crippen molar-refractivity contribution in [1.29, 1.82) is 0 Å². The Hall–Kier alpha value is -5.45. The second-order valence-corrected chi connectivity index (χ2v) is 17.1. The Bertz CT molecular complexity index is 2190. The largest absolute Gasteiger partial charge is 0.490 e. The van der Waals surface area contributed by atoms with Crippen molar-refractivity contribution in [2.45, 2.75) is 69.6 Å². The number of fused-ring (bicyclic) bond motifs is 1. The second-order valence-electron chi connectivity index (χ2n) is 16.7. The lowest BCUT2D eigenvalue weighted by Gasteiger charge is -2.54. The normalized spacial score (nSPS) is 22.8. The highest BCUT2D eigenvalue weighted by molar-refractivity contribution is 6.33. The van der Waals surface area contributed by atoms with Crippen LogP contribution < -0.4 is 19.9 Å². The maximum Gasteiger partial charge on any atom is 0.262 e. The number of hydrogen-bond acceptors (Lipinski definition) is 9. The molecular weight excluding hydrogens is 758 g/mol. The predicted octanol–water partition coefficient (Wildman–Crippen LogP) is 5.55. The third-order valence-corrected chi connectivity index (χ3v) is 13.5. The fourth-order valence-corrected chi connectivity index (χ4v) is 10.1. The van der Waals surface area contributed by atoms with E-state index in [-0.39, 0.29) is 30.4 Å². The molecule has 5 fully saturated rings. The SMILES string of the molecule is [C-]#[N+]c1ccc(N2CC3(CCC(Oc4ccc(C(=O)N5CCN(C6CCN(c7ccc8c(c7)C(=O)N(C7CCC(=O)NC7=O)C8=O)CC6)CC5)cc4)CC3)C2)cc1Cl. The van der Waals surface area contributed by atoms with E-state index in [2.05, 4.69) is 24.9 Å². The lowest BCUT2D eigenvalue weighted by atomic mass is 9.67. The Morgan fingerprint density at radius 3 is 2.12 bits per heavy atom. The number of piperidine rings is 2. The zero-order valence-electron chi connectivity index (χ0n) is 32.3. The van der Waals surface area contributed by atoms with Gasteiger partial charge in [0.05, 0.1) is 23.8 Å². The number of benzene rings is 3. The van der Waals surface area contributed by atoms with Crippen molar-refractivity contribution in [2.75, 3.05) is 62.2 Å². The molecule has 5 aliphatic heterocycles. The first-order valence-electron chi connectivity index (χ1n) is 20.4. The molecule has 5 heterocycles. The van der Waals surface area contributed by atoms with E-state index in [1.54, 1.807) is 18.2 Å². The number of halogens is 1. The number of imide groups is 2. The zero-order chi connectivity index (χ0) is 40.1. The van der Waals surface area contributed by atoms with E-state index < -0.39 is 29.7 Å². The highest BCUT2D eigenvalue weighted by Crippen LogP contribution is 2.47. The van der Waals surface area contributed by atoms with Crippen molar-refractivity contribution in [3.05, 3.63) is 93.8 Å². The molecule has 3 aromatic carbocycles. The maximum atomic E-state index is 13.5. The van der Waals surface area contributed by atoms with Gasteiger partial charge in [0.25, 0.3) is 17.7 Å². The summed E-state index contributed by atoms with van der Waals surface area (Å²) in [6, 6.07) is 18.0. The first kappa shape index (κ1) is 38.1. The number of nitrogens with one attached hydrogen (secondary N) is 1. The molecule has 9 rings (SSSR count). The fraction of sp³-hybridized carbons (Fsp3) is 0.455. The van der Waals surface area contributed by atoms with Crippen LogP contribution in [0.3, 0.4) is 0 Å². The summed E-state index contributed by atoms with van der Waals surface area (Å²) in [5.74, 6) is -1.16. The van der Waals surface area contributed by atoms with Crippen LogP contribution in [-0.2, 0) is 9.59 Å². The van der Waals surface area contributed by atoms with Crippen LogP contribution in [0.25, 0.3) is 4.85 Å². The molecule has 1 unspecified atom stereocenters. The second kappa shape index (κ2) is 15.4. The van der Waals surface area contributed by atoms with Gasteiger partial charge in [-0.05, 0) is 99.5 Å². The van der Waals surface area contributed by atoms with Gasteiger partial charge in [0.15, 0.2) is 0 Å². The minimum absolute atomic E-state index is 0.0426. The van der Waals surface area contributed by atoms with Crippen LogP contribution in [0.2, 0.25) is 5.02 Å². The third-order valence-electron chi connectivity index (χ3n) is 13.2. The van der Waals surface area contributed by atoms with E-state index in [1.165, 1.54) is 0 Å². The van der Waals surface area contributed by atoms with Gasteiger partial charge < -0.3 is 19.4 Å². The van der Waals surface area contributed by atoms with E-state index in [0.717, 1.165) is 99.8 Å². The van der Waals surface area contributed by atoms with Gasteiger partial charge in [-0.2, -0.15) is 0 Å². The Labute approximate surface area is 342 Å². The Morgan fingerprint density at radius 2 is 1.45 bits per heavy atom. The highest BCUT2D eigenvalue weighted by atomic mass is 35.5. The molecule has 58 heavy (non-hydrogen) atoms. The first-order chi connectivity index (χ1) is 28.1. The third kappa shape index (κ3) is 7.17. The molecule has 300 valence electrons. The van der Waals surface area contributed by atoms with Crippen molar-refractivity contribution < 1.29 is 28.7 Å². The van der Waals surface area contributed by atoms with E-state index in [0.29, 0.717) is 46.4 Å². The minimum atomic E-state index is -0.980. The van der Waals surface area contributed by atoms with Gasteiger partial charge in [0, 0.05) is 92.2 Å². The Kier molecular flexibility index (Phi) is 10.1. The summed E-state index contributed by atoms with van der Waals surface area (Å²) in [4.78, 5) is 77.5. The summed E-state index contributed by atoms with van der Waals surface area (Å²) in [6.07, 6.45) is 6.48. The molecule has 1 atom stereocenters. The summed E-state index contributed by atoms with van der Waals surface area (Å²) in [5.41, 5.74) is 4.00. The van der Waals surface area contributed by atoms with Gasteiger partial charge in [-0.1, -0.05) is 17.7 Å².